The van der Waals surface area contributed by atoms with Crippen molar-refractivity contribution in [1.29, 1.82) is 0 Å². The van der Waals surface area contributed by atoms with Crippen molar-refractivity contribution in [2.75, 3.05) is 36.5 Å². The topological polar surface area (TPSA) is 122 Å². The van der Waals surface area contributed by atoms with Gasteiger partial charge < -0.3 is 16.4 Å². The Hall–Kier alpha value is -2.88. The average molecular weight is 461 g/mol. The number of hydrogen-bond donors (Lipinski definition) is 4. The molecule has 0 spiro atoms. The van der Waals surface area contributed by atoms with E-state index in [0.717, 1.165) is 23.2 Å². The summed E-state index contributed by atoms with van der Waals surface area (Å²) in [5, 5.41) is 7.20. The van der Waals surface area contributed by atoms with Crippen molar-refractivity contribution in [2.24, 2.45) is 0 Å². The number of rotatable bonds is 9. The van der Waals surface area contributed by atoms with Crippen molar-refractivity contribution in [3.63, 3.8) is 0 Å². The van der Waals surface area contributed by atoms with Crippen molar-refractivity contribution in [3.05, 3.63) is 59.1 Å². The summed E-state index contributed by atoms with van der Waals surface area (Å²) in [5.74, 6) is 0.831. The predicted octanol–water partition coefficient (Wildman–Crippen LogP) is 3.51. The van der Waals surface area contributed by atoms with Gasteiger partial charge in [-0.2, -0.15) is 4.98 Å². The number of hydrogen-bond acceptors (Lipinski definition) is 7. The molecule has 3 aromatic rings. The summed E-state index contributed by atoms with van der Waals surface area (Å²) in [5.41, 5.74) is 9.30. The number of benzene rings is 2. The van der Waals surface area contributed by atoms with E-state index in [1.807, 2.05) is 31.2 Å². The maximum absolute atomic E-state index is 11.8. The van der Waals surface area contributed by atoms with Gasteiger partial charge in [0.25, 0.3) is 0 Å². The lowest BCUT2D eigenvalue weighted by Gasteiger charge is -2.11. The molecule has 0 amide bonds. The van der Waals surface area contributed by atoms with E-state index in [0.29, 0.717) is 29.6 Å². The van der Waals surface area contributed by atoms with E-state index in [1.54, 1.807) is 24.3 Å². The van der Waals surface area contributed by atoms with Crippen molar-refractivity contribution in [3.8, 4) is 11.3 Å². The second kappa shape index (κ2) is 9.95. The summed E-state index contributed by atoms with van der Waals surface area (Å²) >= 11 is 6.22. The summed E-state index contributed by atoms with van der Waals surface area (Å²) in [4.78, 5) is 8.81. The van der Waals surface area contributed by atoms with Gasteiger partial charge in [0.15, 0.2) is 0 Å². The number of anilines is 3. The number of aromatic nitrogens is 2. The Bertz CT molecular complexity index is 1150. The molecule has 164 valence electrons. The number of nitrogens with zero attached hydrogens (tertiary/aromatic N) is 2. The van der Waals surface area contributed by atoms with Gasteiger partial charge in [-0.05, 0) is 56.3 Å². The highest BCUT2D eigenvalue weighted by molar-refractivity contribution is 7.89. The number of nitrogen functional groups attached to an aromatic ring is 1. The number of nitrogens with one attached hydrogen (secondary N) is 3. The van der Waals surface area contributed by atoms with Gasteiger partial charge >= 0.3 is 0 Å². The van der Waals surface area contributed by atoms with Gasteiger partial charge in [0.1, 0.15) is 5.82 Å². The Morgan fingerprint density at radius 2 is 1.74 bits per heavy atom. The number of nitrogens with two attached hydrogens (primary N) is 1. The van der Waals surface area contributed by atoms with Crippen LogP contribution in [-0.4, -0.2) is 38.5 Å². The van der Waals surface area contributed by atoms with Gasteiger partial charge in [0.05, 0.1) is 10.6 Å². The van der Waals surface area contributed by atoms with E-state index >= 15 is 0 Å². The molecule has 0 bridgehead atoms. The van der Waals surface area contributed by atoms with E-state index in [9.17, 15) is 8.42 Å². The fourth-order valence-electron chi connectivity index (χ4n) is 2.99. The molecule has 0 aliphatic heterocycles. The molecule has 10 heteroatoms. The van der Waals surface area contributed by atoms with Gasteiger partial charge in [0, 0.05) is 35.4 Å². The minimum absolute atomic E-state index is 0.189. The first-order valence-corrected chi connectivity index (χ1v) is 11.6. The lowest BCUT2D eigenvalue weighted by molar-refractivity contribution is 0.588. The molecular formula is C21H25ClN6O2S. The third-order valence-electron chi connectivity index (χ3n) is 4.71. The maximum atomic E-state index is 11.8. The SMILES string of the molecule is CNS(=O)(=O)c1ccc(NCCCNc2cc(-c3cccc(Cl)c3C)nc(N)n2)cc1. The quantitative estimate of drug-likeness (QED) is 0.360. The summed E-state index contributed by atoms with van der Waals surface area (Å²) in [6.07, 6.45) is 0.812. The van der Waals surface area contributed by atoms with Crippen LogP contribution in [0.4, 0.5) is 17.5 Å². The molecule has 0 aliphatic rings. The molecule has 0 aliphatic carbocycles. The third-order valence-corrected chi connectivity index (χ3v) is 6.55. The molecule has 1 heterocycles. The standard InChI is InChI=1S/C21H25ClN6O2S/c1-14-17(5-3-6-18(14)22)19-13-20(28-21(23)27-19)26-12-4-11-25-15-7-9-16(10-8-15)31(29,30)24-2/h3,5-10,13,24-25H,4,11-12H2,1-2H3,(H3,23,26,27,28). The predicted molar refractivity (Wildman–Crippen MR) is 126 cm³/mol. The van der Waals surface area contributed by atoms with E-state index < -0.39 is 10.0 Å². The molecule has 31 heavy (non-hydrogen) atoms. The Labute approximate surface area is 187 Å². The summed E-state index contributed by atoms with van der Waals surface area (Å²) < 4.78 is 25.8. The first-order valence-electron chi connectivity index (χ1n) is 9.71. The molecule has 0 saturated carbocycles. The first-order chi connectivity index (χ1) is 14.8. The molecular weight excluding hydrogens is 436 g/mol. The highest BCUT2D eigenvalue weighted by atomic mass is 35.5. The van der Waals surface area contributed by atoms with Crippen LogP contribution in [0.25, 0.3) is 11.3 Å². The van der Waals surface area contributed by atoms with Crippen LogP contribution in [0.5, 0.6) is 0 Å². The Kier molecular flexibility index (Phi) is 7.32. The second-order valence-corrected chi connectivity index (χ2v) is 9.14. The molecule has 2 aromatic carbocycles. The van der Waals surface area contributed by atoms with Gasteiger partial charge in [-0.15, -0.1) is 0 Å². The largest absolute Gasteiger partial charge is 0.385 e. The fraction of sp³-hybridized carbons (Fsp3) is 0.238. The lowest BCUT2D eigenvalue weighted by atomic mass is 10.1. The molecule has 0 fully saturated rings. The van der Waals surface area contributed by atoms with E-state index in [2.05, 4.69) is 25.3 Å². The van der Waals surface area contributed by atoms with Gasteiger partial charge in [0.2, 0.25) is 16.0 Å². The highest BCUT2D eigenvalue weighted by Gasteiger charge is 2.11. The van der Waals surface area contributed by atoms with Crippen LogP contribution in [0.1, 0.15) is 12.0 Å². The van der Waals surface area contributed by atoms with Crippen LogP contribution in [0.3, 0.4) is 0 Å². The van der Waals surface area contributed by atoms with Crippen LogP contribution in [0, 0.1) is 6.92 Å². The smallest absolute Gasteiger partial charge is 0.240 e. The van der Waals surface area contributed by atoms with Crippen LogP contribution >= 0.6 is 11.6 Å². The highest BCUT2D eigenvalue weighted by Crippen LogP contribution is 2.28. The van der Waals surface area contributed by atoms with Crippen molar-refractivity contribution < 1.29 is 8.42 Å². The van der Waals surface area contributed by atoms with Gasteiger partial charge in [-0.25, -0.2) is 18.1 Å². The second-order valence-electron chi connectivity index (χ2n) is 6.85. The molecule has 1 aromatic heterocycles. The zero-order chi connectivity index (χ0) is 22.4. The van der Waals surface area contributed by atoms with Crippen molar-refractivity contribution in [1.82, 2.24) is 14.7 Å². The van der Waals surface area contributed by atoms with Crippen LogP contribution in [-0.2, 0) is 10.0 Å². The molecule has 0 radical (unpaired) electrons. The minimum Gasteiger partial charge on any atom is -0.385 e. The Morgan fingerprint density at radius 3 is 2.45 bits per heavy atom. The van der Waals surface area contributed by atoms with Crippen LogP contribution in [0.2, 0.25) is 5.02 Å². The molecule has 5 N–H and O–H groups in total. The monoisotopic (exact) mass is 460 g/mol. The van der Waals surface area contributed by atoms with E-state index in [4.69, 9.17) is 17.3 Å². The zero-order valence-electron chi connectivity index (χ0n) is 17.3. The summed E-state index contributed by atoms with van der Waals surface area (Å²) in [6.45, 7) is 3.31. The fourth-order valence-corrected chi connectivity index (χ4v) is 3.89. The summed E-state index contributed by atoms with van der Waals surface area (Å²) in [7, 11) is -2.04. The summed E-state index contributed by atoms with van der Waals surface area (Å²) in [6, 6.07) is 14.1. The average Bonchev–Trinajstić information content (AvgIpc) is 2.75. The van der Waals surface area contributed by atoms with Gasteiger partial charge in [-0.3, -0.25) is 0 Å². The lowest BCUT2D eigenvalue weighted by Crippen LogP contribution is -2.18. The maximum Gasteiger partial charge on any atom is 0.240 e. The van der Waals surface area contributed by atoms with E-state index in [-0.39, 0.29) is 10.8 Å². The van der Waals surface area contributed by atoms with Crippen LogP contribution < -0.4 is 21.1 Å². The van der Waals surface area contributed by atoms with Gasteiger partial charge in [-0.1, -0.05) is 23.7 Å². The molecule has 8 nitrogen and oxygen atoms in total. The minimum atomic E-state index is -3.42. The normalized spacial score (nSPS) is 11.3. The molecule has 3 rings (SSSR count). The Balaban J connectivity index is 1.54. The number of halogens is 1. The van der Waals surface area contributed by atoms with Crippen molar-refractivity contribution in [2.45, 2.75) is 18.2 Å². The van der Waals surface area contributed by atoms with E-state index in [1.165, 1.54) is 7.05 Å². The molecule has 0 unspecified atom stereocenters. The van der Waals surface area contributed by atoms with Crippen LogP contribution in [0.15, 0.2) is 53.4 Å². The molecule has 0 saturated heterocycles. The number of sulfonamides is 1. The third kappa shape index (κ3) is 5.84. The zero-order valence-corrected chi connectivity index (χ0v) is 18.9. The van der Waals surface area contributed by atoms with Crippen molar-refractivity contribution >= 4 is 39.1 Å². The first kappa shape index (κ1) is 22.8. The Morgan fingerprint density at radius 1 is 1.03 bits per heavy atom. The molecule has 0 atom stereocenters.